The normalized spacial score (nSPS) is 14.9. The van der Waals surface area contributed by atoms with Crippen LogP contribution in [0.25, 0.3) is 10.9 Å². The highest BCUT2D eigenvalue weighted by molar-refractivity contribution is 7.98. The van der Waals surface area contributed by atoms with E-state index in [-0.39, 0.29) is 18.1 Å². The number of anilines is 2. The van der Waals surface area contributed by atoms with Gasteiger partial charge in [-0.05, 0) is 38.2 Å². The van der Waals surface area contributed by atoms with E-state index in [2.05, 4.69) is 25.6 Å². The molecule has 0 aliphatic heterocycles. The van der Waals surface area contributed by atoms with Crippen molar-refractivity contribution in [2.75, 3.05) is 18.2 Å². The van der Waals surface area contributed by atoms with Crippen LogP contribution in [0.15, 0.2) is 29.6 Å². The van der Waals surface area contributed by atoms with E-state index in [1.807, 2.05) is 0 Å². The van der Waals surface area contributed by atoms with E-state index in [9.17, 15) is 4.79 Å². The zero-order chi connectivity index (χ0) is 22.1. The summed E-state index contributed by atoms with van der Waals surface area (Å²) in [6, 6.07) is 4.75. The molecule has 8 nitrogen and oxygen atoms in total. The Balaban J connectivity index is 1.99. The average molecular weight is 363 g/mol. The molecule has 0 fully saturated rings. The fourth-order valence-electron chi connectivity index (χ4n) is 2.16. The van der Waals surface area contributed by atoms with E-state index in [4.69, 9.17) is 11.6 Å². The third-order valence-electron chi connectivity index (χ3n) is 3.26. The molecule has 9 heteroatoms. The summed E-state index contributed by atoms with van der Waals surface area (Å²) in [5.74, 6) is -0.523. The Morgan fingerprint density at radius 3 is 3.12 bits per heavy atom. The molecule has 0 aliphatic carbocycles. The van der Waals surface area contributed by atoms with Gasteiger partial charge >= 0.3 is 5.97 Å². The molecule has 0 spiro atoms. The number of carbonyl (C=O) groups excluding carboxylic acids is 1. The standard InChI is InChI=1S/C16H18N6O2S/c1-4-22-12-7-6-11(8-10(12)9-17-22)18-14-13(15(23)24-5-2)20-21-16(19-14)25-3/h6-9H,4-5H2,1-3H3,(H,18,19,21)/i1D3,4D2. The minimum Gasteiger partial charge on any atom is -0.461 e. The first-order valence-corrected chi connectivity index (χ1v) is 8.52. The number of hydrogen-bond acceptors (Lipinski definition) is 8. The van der Waals surface area contributed by atoms with Crippen LogP contribution < -0.4 is 5.32 Å². The second kappa shape index (κ2) is 7.47. The molecule has 0 atom stereocenters. The lowest BCUT2D eigenvalue weighted by Gasteiger charge is -2.10. The molecule has 0 unspecified atom stereocenters. The van der Waals surface area contributed by atoms with Gasteiger partial charge in [0.2, 0.25) is 10.9 Å². The van der Waals surface area contributed by atoms with Crippen LogP contribution in [0.4, 0.5) is 11.5 Å². The van der Waals surface area contributed by atoms with Crippen molar-refractivity contribution in [3.05, 3.63) is 30.1 Å². The highest BCUT2D eigenvalue weighted by atomic mass is 32.2. The monoisotopic (exact) mass is 363 g/mol. The van der Waals surface area contributed by atoms with E-state index in [0.29, 0.717) is 21.7 Å². The van der Waals surface area contributed by atoms with Gasteiger partial charge in [-0.25, -0.2) is 9.78 Å². The van der Waals surface area contributed by atoms with E-state index in [1.54, 1.807) is 25.3 Å². The lowest BCUT2D eigenvalue weighted by molar-refractivity contribution is 0.0518. The Labute approximate surface area is 156 Å². The number of ether oxygens (including phenoxy) is 1. The predicted molar refractivity (Wildman–Crippen MR) is 96.3 cm³/mol. The van der Waals surface area contributed by atoms with Crippen LogP contribution in [0, 0.1) is 0 Å². The van der Waals surface area contributed by atoms with Gasteiger partial charge in [-0.2, -0.15) is 5.10 Å². The summed E-state index contributed by atoms with van der Waals surface area (Å²) in [5.41, 5.74) is 0.733. The molecule has 0 radical (unpaired) electrons. The van der Waals surface area contributed by atoms with Crippen LogP contribution >= 0.6 is 11.8 Å². The Kier molecular flexibility index (Phi) is 3.53. The summed E-state index contributed by atoms with van der Waals surface area (Å²) < 4.78 is 44.0. The first-order valence-electron chi connectivity index (χ1n) is 9.79. The van der Waals surface area contributed by atoms with Gasteiger partial charge in [0.25, 0.3) is 0 Å². The molecule has 0 saturated carbocycles. The molecular weight excluding hydrogens is 340 g/mol. The molecule has 3 rings (SSSR count). The number of nitrogens with one attached hydrogen (secondary N) is 1. The van der Waals surface area contributed by atoms with Crippen LogP contribution in [0.1, 0.15) is 31.1 Å². The molecule has 1 aromatic carbocycles. The second-order valence-corrected chi connectivity index (χ2v) is 5.56. The van der Waals surface area contributed by atoms with Crippen molar-refractivity contribution < 1.29 is 16.4 Å². The third-order valence-corrected chi connectivity index (χ3v) is 3.79. The molecule has 2 heterocycles. The van der Waals surface area contributed by atoms with Gasteiger partial charge < -0.3 is 10.1 Å². The van der Waals surface area contributed by atoms with Gasteiger partial charge in [0, 0.05) is 21.7 Å². The topological polar surface area (TPSA) is 94.8 Å². The van der Waals surface area contributed by atoms with Gasteiger partial charge in [0.15, 0.2) is 5.82 Å². The lowest BCUT2D eigenvalue weighted by atomic mass is 10.2. The fraction of sp³-hybridized carbons (Fsp3) is 0.312. The van der Waals surface area contributed by atoms with Crippen LogP contribution in [0.2, 0.25) is 0 Å². The molecule has 0 amide bonds. The Morgan fingerprint density at radius 2 is 2.36 bits per heavy atom. The van der Waals surface area contributed by atoms with Crippen LogP contribution in [0.3, 0.4) is 0 Å². The first kappa shape index (κ1) is 11.8. The second-order valence-electron chi connectivity index (χ2n) is 4.78. The SMILES string of the molecule is [2H]C([2H])([2H])C([2H])([2H])n1ncc2cc(Nc3nc(SC)nnc3C(=O)OCC)ccc21. The molecule has 1 N–H and O–H groups in total. The molecule has 2 aromatic heterocycles. The number of fused-ring (bicyclic) bond motifs is 1. The zero-order valence-electron chi connectivity index (χ0n) is 18.5. The maximum absolute atomic E-state index is 12.2. The van der Waals surface area contributed by atoms with Crippen LogP contribution in [0.5, 0.6) is 0 Å². The van der Waals surface area contributed by atoms with Crippen molar-refractivity contribution in [3.63, 3.8) is 0 Å². The van der Waals surface area contributed by atoms with Crippen molar-refractivity contribution in [1.29, 1.82) is 0 Å². The van der Waals surface area contributed by atoms with Gasteiger partial charge in [0.1, 0.15) is 0 Å². The Bertz CT molecular complexity index is 1090. The molecule has 25 heavy (non-hydrogen) atoms. The fourth-order valence-corrected chi connectivity index (χ4v) is 2.46. The number of benzene rings is 1. The lowest BCUT2D eigenvalue weighted by Crippen LogP contribution is -2.13. The number of aromatic nitrogens is 5. The van der Waals surface area contributed by atoms with Crippen molar-refractivity contribution in [2.45, 2.75) is 25.4 Å². The Morgan fingerprint density at radius 1 is 1.48 bits per heavy atom. The average Bonchev–Trinajstić information content (AvgIpc) is 3.11. The maximum atomic E-state index is 12.2. The van der Waals surface area contributed by atoms with E-state index >= 15 is 0 Å². The summed E-state index contributed by atoms with van der Waals surface area (Å²) in [6.07, 6.45) is 3.13. The summed E-state index contributed by atoms with van der Waals surface area (Å²) in [6.45, 7) is -3.73. The summed E-state index contributed by atoms with van der Waals surface area (Å²) in [4.78, 5) is 16.4. The van der Waals surface area contributed by atoms with E-state index in [1.165, 1.54) is 24.0 Å². The predicted octanol–water partition coefficient (Wildman–Crippen LogP) is 2.88. The van der Waals surface area contributed by atoms with Gasteiger partial charge in [-0.3, -0.25) is 4.68 Å². The maximum Gasteiger partial charge on any atom is 0.362 e. The minimum absolute atomic E-state index is 0.0795. The molecule has 0 saturated heterocycles. The number of carbonyl (C=O) groups is 1. The third kappa shape index (κ3) is 3.55. The van der Waals surface area contributed by atoms with Gasteiger partial charge in [-0.1, -0.05) is 11.8 Å². The highest BCUT2D eigenvalue weighted by Gasteiger charge is 2.18. The molecule has 0 bridgehead atoms. The largest absolute Gasteiger partial charge is 0.461 e. The van der Waals surface area contributed by atoms with E-state index in [0.717, 1.165) is 4.68 Å². The molecule has 130 valence electrons. The molecule has 0 aliphatic rings. The van der Waals surface area contributed by atoms with Crippen molar-refractivity contribution in [1.82, 2.24) is 25.0 Å². The van der Waals surface area contributed by atoms with Crippen LogP contribution in [-0.2, 0) is 11.2 Å². The summed E-state index contributed by atoms with van der Waals surface area (Å²) >= 11 is 1.25. The number of rotatable bonds is 6. The van der Waals surface area contributed by atoms with E-state index < -0.39 is 19.3 Å². The molecular formula is C16H18N6O2S. The number of esters is 1. The summed E-state index contributed by atoms with van der Waals surface area (Å²) in [7, 11) is 0. The van der Waals surface area contributed by atoms with Gasteiger partial charge in [-0.15, -0.1) is 10.2 Å². The number of hydrogen-bond donors (Lipinski definition) is 1. The Hall–Kier alpha value is -2.68. The summed E-state index contributed by atoms with van der Waals surface area (Å²) in [5, 5.41) is 15.5. The van der Waals surface area contributed by atoms with Crippen molar-refractivity contribution in [3.8, 4) is 0 Å². The first-order chi connectivity index (χ1) is 14.1. The molecule has 3 aromatic rings. The van der Waals surface area contributed by atoms with Crippen molar-refractivity contribution >= 4 is 40.1 Å². The smallest absolute Gasteiger partial charge is 0.362 e. The zero-order valence-corrected chi connectivity index (χ0v) is 14.3. The number of thioether (sulfide) groups is 1. The number of aryl methyl sites for hydroxylation is 1. The van der Waals surface area contributed by atoms with Crippen LogP contribution in [-0.4, -0.2) is 43.8 Å². The number of nitrogens with zero attached hydrogens (tertiary/aromatic N) is 5. The van der Waals surface area contributed by atoms with Gasteiger partial charge in [0.05, 0.1) is 21.1 Å². The quantitative estimate of drug-likeness (QED) is 0.528. The highest BCUT2D eigenvalue weighted by Crippen LogP contribution is 2.24. The van der Waals surface area contributed by atoms with Crippen molar-refractivity contribution in [2.24, 2.45) is 0 Å². The minimum atomic E-state index is -2.89.